The zero-order valence-corrected chi connectivity index (χ0v) is 26.7. The summed E-state index contributed by atoms with van der Waals surface area (Å²) in [6.07, 6.45) is -2.65. The molecule has 0 aromatic carbocycles. The van der Waals surface area contributed by atoms with Crippen LogP contribution in [-0.4, -0.2) is 122 Å². The highest BCUT2D eigenvalue weighted by atomic mass is 16.7. The van der Waals surface area contributed by atoms with Gasteiger partial charge in [0, 0.05) is 25.9 Å². The van der Waals surface area contributed by atoms with E-state index < -0.39 is 85.4 Å². The van der Waals surface area contributed by atoms with E-state index >= 15 is 0 Å². The summed E-state index contributed by atoms with van der Waals surface area (Å²) in [4.78, 5) is 52.2. The summed E-state index contributed by atoms with van der Waals surface area (Å²) in [7, 11) is 4.71. The predicted molar refractivity (Wildman–Crippen MR) is 157 cm³/mol. The molecule has 2 aliphatic rings. The van der Waals surface area contributed by atoms with Crippen molar-refractivity contribution in [1.29, 1.82) is 0 Å². The van der Waals surface area contributed by atoms with Gasteiger partial charge >= 0.3 is 12.1 Å². The molecule has 0 saturated carbocycles. The largest absolute Gasteiger partial charge is 0.508 e. The standard InChI is InChI=1S/C31H49NO12/c1-8-40-31(38)43-23-17-24(35)41-19(3)12-10-9-11-13-22(34)18(2)16-21(14-15-33)28(29(23)39-7)44-30-27(37)25(32(5)6)26(36)20(4)42-30/h9-11,13,15,18-21,23,25-30,36-37H,8,12,14,16-17H2,1-7H3/b10-9+,13-11+/t18-,19-,20-,21+,23-,25+,26-,27-,28+,29?,30+/m1/s1. The van der Waals surface area contributed by atoms with E-state index in [2.05, 4.69) is 0 Å². The fourth-order valence-electron chi connectivity index (χ4n) is 5.55. The Hall–Kier alpha value is -2.68. The van der Waals surface area contributed by atoms with Crippen molar-refractivity contribution in [2.45, 2.75) is 108 Å². The fourth-order valence-corrected chi connectivity index (χ4v) is 5.55. The summed E-state index contributed by atoms with van der Waals surface area (Å²) in [6.45, 7) is 6.64. The zero-order chi connectivity index (χ0) is 33.0. The Morgan fingerprint density at radius 3 is 2.43 bits per heavy atom. The summed E-state index contributed by atoms with van der Waals surface area (Å²) in [5.74, 6) is -2.17. The second kappa shape index (κ2) is 18.3. The quantitative estimate of drug-likeness (QED) is 0.296. The van der Waals surface area contributed by atoms with Crippen LogP contribution >= 0.6 is 0 Å². The number of cyclic esters (lactones) is 1. The van der Waals surface area contributed by atoms with Gasteiger partial charge in [-0.15, -0.1) is 0 Å². The highest BCUT2D eigenvalue weighted by Crippen LogP contribution is 2.33. The predicted octanol–water partition coefficient (Wildman–Crippen LogP) is 1.96. The highest BCUT2D eigenvalue weighted by molar-refractivity contribution is 5.91. The van der Waals surface area contributed by atoms with Gasteiger partial charge in [-0.25, -0.2) is 4.79 Å². The van der Waals surface area contributed by atoms with Crippen molar-refractivity contribution < 1.29 is 57.8 Å². The summed E-state index contributed by atoms with van der Waals surface area (Å²) in [5.41, 5.74) is 0. The van der Waals surface area contributed by atoms with Gasteiger partial charge in [0.15, 0.2) is 12.1 Å². The van der Waals surface area contributed by atoms with Gasteiger partial charge in [0.05, 0.1) is 37.4 Å². The number of aliphatic hydroxyl groups excluding tert-OH is 2. The summed E-state index contributed by atoms with van der Waals surface area (Å²) >= 11 is 0. The molecule has 1 fully saturated rings. The molecular formula is C31H49NO12. The molecule has 2 rings (SSSR count). The molecule has 0 aromatic heterocycles. The Morgan fingerprint density at radius 2 is 1.82 bits per heavy atom. The molecule has 0 aliphatic carbocycles. The number of aliphatic hydroxyl groups is 2. The van der Waals surface area contributed by atoms with Crippen molar-refractivity contribution in [3.8, 4) is 0 Å². The van der Waals surface area contributed by atoms with Gasteiger partial charge in [0.2, 0.25) is 0 Å². The van der Waals surface area contributed by atoms with Gasteiger partial charge < -0.3 is 48.3 Å². The fraction of sp³-hybridized carbons (Fsp3) is 0.742. The maximum atomic E-state index is 13.1. The molecule has 0 radical (unpaired) electrons. The van der Waals surface area contributed by atoms with Crippen LogP contribution in [0.4, 0.5) is 4.79 Å². The molecule has 44 heavy (non-hydrogen) atoms. The van der Waals surface area contributed by atoms with Gasteiger partial charge in [-0.2, -0.15) is 0 Å². The minimum absolute atomic E-state index is 0.00605. The van der Waals surface area contributed by atoms with Crippen molar-refractivity contribution in [3.63, 3.8) is 0 Å². The van der Waals surface area contributed by atoms with Crippen LogP contribution in [0.1, 0.15) is 53.4 Å². The topological polar surface area (TPSA) is 167 Å². The van der Waals surface area contributed by atoms with Crippen LogP contribution in [0.5, 0.6) is 0 Å². The Balaban J connectivity index is 2.64. The number of nitrogens with zero attached hydrogens (tertiary/aromatic N) is 1. The lowest BCUT2D eigenvalue weighted by atomic mass is 9.83. The maximum absolute atomic E-state index is 13.1. The molecule has 13 heteroatoms. The number of carbonyl (C=O) groups excluding carboxylic acids is 4. The number of ether oxygens (including phenoxy) is 6. The van der Waals surface area contributed by atoms with Crippen LogP contribution in [0.25, 0.3) is 0 Å². The average molecular weight is 628 g/mol. The van der Waals surface area contributed by atoms with E-state index in [0.717, 1.165) is 0 Å². The second-order valence-corrected chi connectivity index (χ2v) is 11.5. The molecule has 0 spiro atoms. The smallest absolute Gasteiger partial charge is 0.462 e. The van der Waals surface area contributed by atoms with Crippen LogP contribution in [0.15, 0.2) is 24.3 Å². The van der Waals surface area contributed by atoms with E-state index in [4.69, 9.17) is 28.4 Å². The van der Waals surface area contributed by atoms with Gasteiger partial charge in [-0.1, -0.05) is 25.2 Å². The van der Waals surface area contributed by atoms with Crippen molar-refractivity contribution in [3.05, 3.63) is 24.3 Å². The number of hydrogen-bond acceptors (Lipinski definition) is 13. The lowest BCUT2D eigenvalue weighted by molar-refractivity contribution is -0.309. The first-order chi connectivity index (χ1) is 20.8. The molecule has 13 nitrogen and oxygen atoms in total. The van der Waals surface area contributed by atoms with Crippen LogP contribution in [0.3, 0.4) is 0 Å². The molecule has 0 aromatic rings. The third-order valence-corrected chi connectivity index (χ3v) is 7.85. The molecule has 250 valence electrons. The number of aldehydes is 1. The maximum Gasteiger partial charge on any atom is 0.508 e. The van der Waals surface area contributed by atoms with Gasteiger partial charge in [0.1, 0.15) is 30.7 Å². The molecule has 0 bridgehead atoms. The SMILES string of the molecule is CCOC(=O)O[C@@H]1CC(=O)O[C@H](C)C/C=C/C=C/C(=O)[C@H](C)C[C@H](CC=O)[C@H](O[C@@H]2O[C@H](C)[C@@H](O)[C@H](N(C)C)[C@H]2O)C1OC. The molecule has 1 unspecified atom stereocenters. The molecule has 2 N–H and O–H groups in total. The lowest BCUT2D eigenvalue weighted by Crippen LogP contribution is -2.63. The van der Waals surface area contributed by atoms with Crippen LogP contribution < -0.4 is 0 Å². The average Bonchev–Trinajstić information content (AvgIpc) is 2.94. The molecular weight excluding hydrogens is 578 g/mol. The number of methoxy groups -OCH3 is 1. The van der Waals surface area contributed by atoms with E-state index in [1.165, 1.54) is 13.2 Å². The summed E-state index contributed by atoms with van der Waals surface area (Å²) in [5, 5.41) is 22.0. The zero-order valence-electron chi connectivity index (χ0n) is 26.7. The number of ketones is 1. The molecule has 11 atom stereocenters. The van der Waals surface area contributed by atoms with Gasteiger partial charge in [0.25, 0.3) is 0 Å². The van der Waals surface area contributed by atoms with E-state index in [9.17, 15) is 29.4 Å². The number of esters is 1. The van der Waals surface area contributed by atoms with Crippen LogP contribution in [0, 0.1) is 11.8 Å². The van der Waals surface area contributed by atoms with E-state index in [1.54, 1.807) is 64.9 Å². The Labute approximate surface area is 259 Å². The summed E-state index contributed by atoms with van der Waals surface area (Å²) in [6, 6.07) is -0.776. The summed E-state index contributed by atoms with van der Waals surface area (Å²) < 4.78 is 34.2. The number of allylic oxidation sites excluding steroid dienone is 3. The van der Waals surface area contributed by atoms with Crippen molar-refractivity contribution in [2.75, 3.05) is 27.8 Å². The lowest BCUT2D eigenvalue weighted by Gasteiger charge is -2.46. The number of carbonyl (C=O) groups is 4. The minimum atomic E-state index is -1.35. The normalized spacial score (nSPS) is 37.5. The number of likely N-dealkylation sites (N-methyl/N-ethyl adjacent to an activating group) is 1. The first-order valence-corrected chi connectivity index (χ1v) is 15.0. The highest BCUT2D eigenvalue weighted by Gasteiger charge is 2.48. The number of hydrogen-bond donors (Lipinski definition) is 2. The van der Waals surface area contributed by atoms with Crippen LogP contribution in [-0.2, 0) is 42.8 Å². The number of rotatable bonds is 8. The monoisotopic (exact) mass is 627 g/mol. The molecule has 2 aliphatic heterocycles. The van der Waals surface area contributed by atoms with Gasteiger partial charge in [-0.3, -0.25) is 9.59 Å². The Bertz CT molecular complexity index is 1000. The van der Waals surface area contributed by atoms with Crippen molar-refractivity contribution in [1.82, 2.24) is 4.90 Å². The van der Waals surface area contributed by atoms with E-state index in [1.807, 2.05) is 0 Å². The molecule has 1 saturated heterocycles. The van der Waals surface area contributed by atoms with Gasteiger partial charge in [-0.05, 0) is 53.3 Å². The van der Waals surface area contributed by atoms with E-state index in [-0.39, 0.29) is 25.2 Å². The van der Waals surface area contributed by atoms with Crippen molar-refractivity contribution >= 4 is 24.2 Å². The van der Waals surface area contributed by atoms with Crippen molar-refractivity contribution in [2.24, 2.45) is 11.8 Å². The minimum Gasteiger partial charge on any atom is -0.462 e. The van der Waals surface area contributed by atoms with Crippen LogP contribution in [0.2, 0.25) is 0 Å². The van der Waals surface area contributed by atoms with E-state index in [0.29, 0.717) is 12.7 Å². The third kappa shape index (κ3) is 10.7. The Kier molecular flexibility index (Phi) is 15.6. The first-order valence-electron chi connectivity index (χ1n) is 15.0. The second-order valence-electron chi connectivity index (χ2n) is 11.5. The molecule has 2 heterocycles. The third-order valence-electron chi connectivity index (χ3n) is 7.85. The Morgan fingerprint density at radius 1 is 1.11 bits per heavy atom. The molecule has 0 amide bonds. The first kappa shape index (κ1) is 37.5.